The van der Waals surface area contributed by atoms with E-state index in [0.29, 0.717) is 17.9 Å². The molecule has 1 aromatic heterocycles. The monoisotopic (exact) mass is 283 g/mol. The van der Waals surface area contributed by atoms with Gasteiger partial charge in [-0.2, -0.15) is 0 Å². The molecule has 0 aliphatic heterocycles. The molecule has 2 nitrogen and oxygen atoms in total. The Morgan fingerprint density at radius 2 is 1.85 bits per heavy atom. The Bertz CT molecular complexity index is 595. The number of aryl methyl sites for hydroxylation is 1. The highest BCUT2D eigenvalue weighted by Crippen LogP contribution is 2.29. The van der Waals surface area contributed by atoms with Crippen molar-refractivity contribution in [3.8, 4) is 0 Å². The lowest BCUT2D eigenvalue weighted by atomic mass is 9.98. The van der Waals surface area contributed by atoms with Gasteiger partial charge in [0, 0.05) is 11.1 Å². The zero-order valence-corrected chi connectivity index (χ0v) is 11.3. The van der Waals surface area contributed by atoms with Gasteiger partial charge in [-0.05, 0) is 32.0 Å². The molecule has 0 spiro atoms. The van der Waals surface area contributed by atoms with Crippen LogP contribution in [0.4, 0.5) is 13.2 Å². The Labute approximate surface area is 115 Å². The van der Waals surface area contributed by atoms with Crippen LogP contribution in [0.15, 0.2) is 28.9 Å². The van der Waals surface area contributed by atoms with Gasteiger partial charge in [0.2, 0.25) is 0 Å². The van der Waals surface area contributed by atoms with E-state index in [-0.39, 0.29) is 5.56 Å². The Balaban J connectivity index is 2.47. The summed E-state index contributed by atoms with van der Waals surface area (Å²) in [5.74, 6) is -3.20. The molecule has 0 saturated carbocycles. The summed E-state index contributed by atoms with van der Waals surface area (Å²) in [6, 6.07) is 3.32. The first-order valence-electron chi connectivity index (χ1n) is 6.47. The van der Waals surface area contributed by atoms with Crippen LogP contribution in [-0.4, -0.2) is 6.54 Å². The van der Waals surface area contributed by atoms with Gasteiger partial charge in [-0.15, -0.1) is 0 Å². The molecule has 20 heavy (non-hydrogen) atoms. The maximum absolute atomic E-state index is 14.0. The van der Waals surface area contributed by atoms with Gasteiger partial charge in [0.05, 0.1) is 12.3 Å². The predicted octanol–water partition coefficient (Wildman–Crippen LogP) is 4.09. The Hall–Kier alpha value is -1.75. The van der Waals surface area contributed by atoms with Gasteiger partial charge in [-0.1, -0.05) is 13.0 Å². The second-order valence-electron chi connectivity index (χ2n) is 4.58. The zero-order chi connectivity index (χ0) is 14.7. The van der Waals surface area contributed by atoms with Crippen LogP contribution >= 0.6 is 0 Å². The summed E-state index contributed by atoms with van der Waals surface area (Å²) >= 11 is 0. The van der Waals surface area contributed by atoms with Gasteiger partial charge in [0.25, 0.3) is 0 Å². The van der Waals surface area contributed by atoms with E-state index < -0.39 is 23.5 Å². The lowest BCUT2D eigenvalue weighted by Crippen LogP contribution is -2.24. The van der Waals surface area contributed by atoms with Crippen molar-refractivity contribution in [3.05, 3.63) is 58.8 Å². The van der Waals surface area contributed by atoms with Crippen LogP contribution in [0, 0.1) is 24.4 Å². The minimum absolute atomic E-state index is 0.0712. The van der Waals surface area contributed by atoms with E-state index in [0.717, 1.165) is 12.5 Å². The highest BCUT2D eigenvalue weighted by molar-refractivity contribution is 5.34. The average molecular weight is 283 g/mol. The molecule has 1 atom stereocenters. The first-order valence-corrected chi connectivity index (χ1v) is 6.47. The van der Waals surface area contributed by atoms with Crippen molar-refractivity contribution >= 4 is 0 Å². The summed E-state index contributed by atoms with van der Waals surface area (Å²) in [6.07, 6.45) is 2.32. The number of nitrogens with one attached hydrogen (secondary N) is 1. The van der Waals surface area contributed by atoms with E-state index in [1.807, 2.05) is 6.92 Å². The summed E-state index contributed by atoms with van der Waals surface area (Å²) in [4.78, 5) is 0. The lowest BCUT2D eigenvalue weighted by molar-refractivity contribution is 0.431. The molecule has 108 valence electrons. The molecule has 1 N–H and O–H groups in total. The van der Waals surface area contributed by atoms with Crippen molar-refractivity contribution in [2.45, 2.75) is 26.3 Å². The summed E-state index contributed by atoms with van der Waals surface area (Å²) < 4.78 is 45.6. The topological polar surface area (TPSA) is 25.2 Å². The van der Waals surface area contributed by atoms with Crippen molar-refractivity contribution in [3.63, 3.8) is 0 Å². The molecule has 1 heterocycles. The second-order valence-corrected chi connectivity index (χ2v) is 4.58. The van der Waals surface area contributed by atoms with Crippen molar-refractivity contribution in [1.29, 1.82) is 0 Å². The summed E-state index contributed by atoms with van der Waals surface area (Å²) in [5.41, 5.74) is 0.783. The van der Waals surface area contributed by atoms with E-state index in [1.54, 1.807) is 13.0 Å². The normalized spacial score (nSPS) is 12.7. The number of furan rings is 1. The SMILES string of the molecule is CCCNC(c1ccoc1C)c1ccc(F)c(F)c1F. The lowest BCUT2D eigenvalue weighted by Gasteiger charge is -2.19. The van der Waals surface area contributed by atoms with Crippen molar-refractivity contribution < 1.29 is 17.6 Å². The van der Waals surface area contributed by atoms with Crippen LogP contribution < -0.4 is 5.32 Å². The molecule has 0 fully saturated rings. The van der Waals surface area contributed by atoms with E-state index in [9.17, 15) is 13.2 Å². The molecule has 0 bridgehead atoms. The van der Waals surface area contributed by atoms with E-state index in [2.05, 4.69) is 5.32 Å². The number of benzene rings is 1. The van der Waals surface area contributed by atoms with Crippen molar-refractivity contribution in [2.75, 3.05) is 6.54 Å². The molecule has 0 radical (unpaired) electrons. The number of hydrogen-bond donors (Lipinski definition) is 1. The Kier molecular flexibility index (Phi) is 4.49. The molecule has 0 aliphatic rings. The van der Waals surface area contributed by atoms with Gasteiger partial charge in [0.1, 0.15) is 5.76 Å². The largest absolute Gasteiger partial charge is 0.469 e. The molecular formula is C15H16F3NO. The fourth-order valence-electron chi connectivity index (χ4n) is 2.13. The molecule has 0 amide bonds. The highest BCUT2D eigenvalue weighted by Gasteiger charge is 2.24. The van der Waals surface area contributed by atoms with Crippen molar-refractivity contribution in [1.82, 2.24) is 5.32 Å². The van der Waals surface area contributed by atoms with E-state index in [1.165, 1.54) is 12.3 Å². The molecule has 2 rings (SSSR count). The Morgan fingerprint density at radius 3 is 2.45 bits per heavy atom. The third-order valence-electron chi connectivity index (χ3n) is 3.18. The average Bonchev–Trinajstić information content (AvgIpc) is 2.85. The first-order chi connectivity index (χ1) is 9.56. The third-order valence-corrected chi connectivity index (χ3v) is 3.18. The van der Waals surface area contributed by atoms with E-state index in [4.69, 9.17) is 4.42 Å². The molecule has 2 aromatic rings. The van der Waals surface area contributed by atoms with Gasteiger partial charge < -0.3 is 9.73 Å². The molecule has 1 unspecified atom stereocenters. The van der Waals surface area contributed by atoms with Crippen LogP contribution in [0.5, 0.6) is 0 Å². The number of hydrogen-bond acceptors (Lipinski definition) is 2. The number of rotatable bonds is 5. The fraction of sp³-hybridized carbons (Fsp3) is 0.333. The van der Waals surface area contributed by atoms with Gasteiger partial charge >= 0.3 is 0 Å². The first kappa shape index (κ1) is 14.7. The molecule has 0 saturated heterocycles. The van der Waals surface area contributed by atoms with Crippen LogP contribution in [0.25, 0.3) is 0 Å². The quantitative estimate of drug-likeness (QED) is 0.836. The molecule has 0 aliphatic carbocycles. The van der Waals surface area contributed by atoms with Gasteiger partial charge in [-0.25, -0.2) is 13.2 Å². The summed E-state index contributed by atoms with van der Waals surface area (Å²) in [5, 5.41) is 3.13. The van der Waals surface area contributed by atoms with Crippen LogP contribution in [-0.2, 0) is 0 Å². The van der Waals surface area contributed by atoms with Crippen LogP contribution in [0.1, 0.15) is 36.3 Å². The van der Waals surface area contributed by atoms with Crippen LogP contribution in [0.3, 0.4) is 0 Å². The minimum Gasteiger partial charge on any atom is -0.469 e. The van der Waals surface area contributed by atoms with E-state index >= 15 is 0 Å². The summed E-state index contributed by atoms with van der Waals surface area (Å²) in [7, 11) is 0. The second kappa shape index (κ2) is 6.13. The maximum Gasteiger partial charge on any atom is 0.194 e. The van der Waals surface area contributed by atoms with Gasteiger partial charge in [-0.3, -0.25) is 0 Å². The zero-order valence-electron chi connectivity index (χ0n) is 11.3. The summed E-state index contributed by atoms with van der Waals surface area (Å²) in [6.45, 7) is 4.33. The molecule has 5 heteroatoms. The van der Waals surface area contributed by atoms with Crippen molar-refractivity contribution in [2.24, 2.45) is 0 Å². The van der Waals surface area contributed by atoms with Crippen LogP contribution in [0.2, 0.25) is 0 Å². The predicted molar refractivity (Wildman–Crippen MR) is 69.9 cm³/mol. The van der Waals surface area contributed by atoms with Gasteiger partial charge in [0.15, 0.2) is 17.5 Å². The highest BCUT2D eigenvalue weighted by atomic mass is 19.2. The molecule has 1 aromatic carbocycles. The number of halogens is 3. The third kappa shape index (κ3) is 2.72. The standard InChI is InChI=1S/C15H16F3NO/c1-3-7-19-15(10-6-8-20-9(10)2)11-4-5-12(16)14(18)13(11)17/h4-6,8,15,19H,3,7H2,1-2H3. The maximum atomic E-state index is 14.0. The fourth-order valence-corrected chi connectivity index (χ4v) is 2.13. The minimum atomic E-state index is -1.45. The Morgan fingerprint density at radius 1 is 1.10 bits per heavy atom. The smallest absolute Gasteiger partial charge is 0.194 e. The molecular weight excluding hydrogens is 267 g/mol.